The van der Waals surface area contributed by atoms with Gasteiger partial charge >= 0.3 is 0 Å². The third-order valence-electron chi connectivity index (χ3n) is 3.74. The molecular formula is C13H19NO2. The van der Waals surface area contributed by atoms with Gasteiger partial charge in [-0.25, -0.2) is 0 Å². The van der Waals surface area contributed by atoms with E-state index >= 15 is 0 Å². The molecule has 1 heterocycles. The van der Waals surface area contributed by atoms with Crippen LogP contribution in [0.1, 0.15) is 42.5 Å². The zero-order valence-corrected chi connectivity index (χ0v) is 10.0. The molecule has 0 radical (unpaired) electrons. The molecule has 0 unspecified atom stereocenters. The summed E-state index contributed by atoms with van der Waals surface area (Å²) in [5, 5.41) is 0. The molecule has 3 heteroatoms. The maximum Gasteiger partial charge on any atom is 0.186 e. The van der Waals surface area contributed by atoms with Crippen LogP contribution in [0, 0.1) is 0 Å². The molecule has 0 saturated heterocycles. The number of hydrogen-bond acceptors (Lipinski definition) is 3. The van der Waals surface area contributed by atoms with Gasteiger partial charge < -0.3 is 4.42 Å². The van der Waals surface area contributed by atoms with Gasteiger partial charge in [0.2, 0.25) is 0 Å². The van der Waals surface area contributed by atoms with Crippen molar-refractivity contribution < 1.29 is 9.21 Å². The highest BCUT2D eigenvalue weighted by molar-refractivity contribution is 6.03. The molecule has 1 aliphatic rings. The van der Waals surface area contributed by atoms with Crippen molar-refractivity contribution >= 4 is 5.78 Å². The summed E-state index contributed by atoms with van der Waals surface area (Å²) >= 11 is 0. The van der Waals surface area contributed by atoms with Crippen molar-refractivity contribution in [3.05, 3.63) is 24.2 Å². The fourth-order valence-corrected chi connectivity index (χ4v) is 2.68. The Morgan fingerprint density at radius 3 is 2.50 bits per heavy atom. The van der Waals surface area contributed by atoms with Crippen molar-refractivity contribution in [2.24, 2.45) is 0 Å². The van der Waals surface area contributed by atoms with Crippen molar-refractivity contribution in [3.8, 4) is 0 Å². The van der Waals surface area contributed by atoms with Gasteiger partial charge in [-0.15, -0.1) is 0 Å². The largest absolute Gasteiger partial charge is 0.472 e. The van der Waals surface area contributed by atoms with E-state index < -0.39 is 0 Å². The standard InChI is InChI=1S/C13H19NO2/c1-14(2)13(7-4-3-5-8-13)12(15)11-6-9-16-10-11/h6,9-10H,3-5,7-8H2,1-2H3. The van der Waals surface area contributed by atoms with E-state index in [-0.39, 0.29) is 11.3 Å². The Balaban J connectivity index is 2.28. The average molecular weight is 221 g/mol. The summed E-state index contributed by atoms with van der Waals surface area (Å²) in [6, 6.07) is 1.77. The lowest BCUT2D eigenvalue weighted by atomic mass is 9.76. The van der Waals surface area contributed by atoms with Gasteiger partial charge in [0.05, 0.1) is 17.4 Å². The topological polar surface area (TPSA) is 33.5 Å². The van der Waals surface area contributed by atoms with Crippen LogP contribution in [0.2, 0.25) is 0 Å². The summed E-state index contributed by atoms with van der Waals surface area (Å²) in [4.78, 5) is 14.6. The van der Waals surface area contributed by atoms with Crippen molar-refractivity contribution in [1.82, 2.24) is 4.90 Å². The number of carbonyl (C=O) groups is 1. The normalized spacial score (nSPS) is 19.9. The van der Waals surface area contributed by atoms with E-state index in [9.17, 15) is 4.79 Å². The molecule has 3 nitrogen and oxygen atoms in total. The lowest BCUT2D eigenvalue weighted by molar-refractivity contribution is 0.0563. The van der Waals surface area contributed by atoms with Crippen LogP contribution in [0.25, 0.3) is 0 Å². The van der Waals surface area contributed by atoms with Gasteiger partial charge in [0, 0.05) is 0 Å². The molecule has 1 aromatic heterocycles. The SMILES string of the molecule is CN(C)C1(C(=O)c2ccoc2)CCCCC1. The highest BCUT2D eigenvalue weighted by Gasteiger charge is 2.41. The molecule has 0 spiro atoms. The van der Waals surface area contributed by atoms with Crippen molar-refractivity contribution in [2.75, 3.05) is 14.1 Å². The predicted octanol–water partition coefficient (Wildman–Crippen LogP) is 2.73. The summed E-state index contributed by atoms with van der Waals surface area (Å²) in [7, 11) is 4.01. The van der Waals surface area contributed by atoms with Gasteiger partial charge in [-0.3, -0.25) is 9.69 Å². The molecule has 0 bridgehead atoms. The minimum atomic E-state index is -0.303. The van der Waals surface area contributed by atoms with Crippen LogP contribution in [0.4, 0.5) is 0 Å². The maximum absolute atomic E-state index is 12.5. The molecule has 0 aromatic carbocycles. The molecule has 88 valence electrons. The Kier molecular flexibility index (Phi) is 3.15. The molecular weight excluding hydrogens is 202 g/mol. The van der Waals surface area contributed by atoms with E-state index in [0.717, 1.165) is 25.7 Å². The van der Waals surface area contributed by atoms with Crippen molar-refractivity contribution in [3.63, 3.8) is 0 Å². The number of rotatable bonds is 3. The van der Waals surface area contributed by atoms with Gasteiger partial charge in [0.15, 0.2) is 5.78 Å². The first-order valence-corrected chi connectivity index (χ1v) is 5.91. The minimum absolute atomic E-state index is 0.214. The summed E-state index contributed by atoms with van der Waals surface area (Å²) in [5.41, 5.74) is 0.401. The first-order chi connectivity index (χ1) is 7.67. The predicted molar refractivity (Wildman–Crippen MR) is 62.5 cm³/mol. The van der Waals surface area contributed by atoms with Crippen LogP contribution < -0.4 is 0 Å². The summed E-state index contributed by atoms with van der Waals surface area (Å²) in [6.45, 7) is 0. The summed E-state index contributed by atoms with van der Waals surface area (Å²) in [5.74, 6) is 0.214. The Labute approximate surface area is 96.4 Å². The van der Waals surface area contributed by atoms with Crippen molar-refractivity contribution in [2.45, 2.75) is 37.6 Å². The molecule has 2 rings (SSSR count). The van der Waals surface area contributed by atoms with Crippen LogP contribution >= 0.6 is 0 Å². The highest BCUT2D eigenvalue weighted by atomic mass is 16.3. The van der Waals surface area contributed by atoms with E-state index in [1.54, 1.807) is 18.6 Å². The minimum Gasteiger partial charge on any atom is -0.472 e. The van der Waals surface area contributed by atoms with Gasteiger partial charge in [0.1, 0.15) is 6.26 Å². The first kappa shape index (κ1) is 11.4. The molecule has 16 heavy (non-hydrogen) atoms. The fraction of sp³-hybridized carbons (Fsp3) is 0.615. The van der Waals surface area contributed by atoms with Crippen molar-refractivity contribution in [1.29, 1.82) is 0 Å². The molecule has 0 atom stereocenters. The molecule has 1 aromatic rings. The van der Waals surface area contributed by atoms with Crippen LogP contribution in [0.3, 0.4) is 0 Å². The quantitative estimate of drug-likeness (QED) is 0.736. The fourth-order valence-electron chi connectivity index (χ4n) is 2.68. The first-order valence-electron chi connectivity index (χ1n) is 5.91. The van der Waals surface area contributed by atoms with E-state index in [1.165, 1.54) is 6.42 Å². The number of furan rings is 1. The van der Waals surface area contributed by atoms with Crippen LogP contribution in [-0.4, -0.2) is 30.3 Å². The number of ketones is 1. The Bertz CT molecular complexity index is 348. The molecule has 0 aliphatic heterocycles. The number of carbonyl (C=O) groups excluding carboxylic acids is 1. The second-order valence-electron chi connectivity index (χ2n) is 4.83. The van der Waals surface area contributed by atoms with Crippen LogP contribution in [-0.2, 0) is 0 Å². The number of likely N-dealkylation sites (N-methyl/N-ethyl adjacent to an activating group) is 1. The maximum atomic E-state index is 12.5. The van der Waals surface area contributed by atoms with Gasteiger partial charge in [0.25, 0.3) is 0 Å². The molecule has 0 N–H and O–H groups in total. The Morgan fingerprint density at radius 2 is 2.00 bits per heavy atom. The van der Waals surface area contributed by atoms with Crippen LogP contribution in [0.5, 0.6) is 0 Å². The molecule has 1 aliphatic carbocycles. The molecule has 1 fully saturated rings. The van der Waals surface area contributed by atoms with E-state index in [1.807, 2.05) is 14.1 Å². The van der Waals surface area contributed by atoms with Gasteiger partial charge in [-0.05, 0) is 33.0 Å². The van der Waals surface area contributed by atoms with E-state index in [2.05, 4.69) is 4.90 Å². The Hall–Kier alpha value is -1.09. The lowest BCUT2D eigenvalue weighted by Gasteiger charge is -2.41. The van der Waals surface area contributed by atoms with Gasteiger partial charge in [-0.1, -0.05) is 19.3 Å². The van der Waals surface area contributed by atoms with Gasteiger partial charge in [-0.2, -0.15) is 0 Å². The lowest BCUT2D eigenvalue weighted by Crippen LogP contribution is -2.52. The van der Waals surface area contributed by atoms with E-state index in [0.29, 0.717) is 5.56 Å². The third kappa shape index (κ3) is 1.80. The second-order valence-corrected chi connectivity index (χ2v) is 4.83. The third-order valence-corrected chi connectivity index (χ3v) is 3.74. The Morgan fingerprint density at radius 1 is 1.31 bits per heavy atom. The smallest absolute Gasteiger partial charge is 0.186 e. The zero-order chi connectivity index (χ0) is 11.6. The highest BCUT2D eigenvalue weighted by Crippen LogP contribution is 2.35. The molecule has 1 saturated carbocycles. The second kappa shape index (κ2) is 4.42. The number of nitrogens with zero attached hydrogens (tertiary/aromatic N) is 1. The number of Topliss-reactive ketones (excluding diaryl/α,β-unsaturated/α-hetero) is 1. The number of hydrogen-bond donors (Lipinski definition) is 0. The zero-order valence-electron chi connectivity index (χ0n) is 10.0. The summed E-state index contributed by atoms with van der Waals surface area (Å²) in [6.07, 6.45) is 8.58. The monoisotopic (exact) mass is 221 g/mol. The molecule has 0 amide bonds. The average Bonchev–Trinajstić information content (AvgIpc) is 2.82. The van der Waals surface area contributed by atoms with Crippen LogP contribution in [0.15, 0.2) is 23.0 Å². The van der Waals surface area contributed by atoms with E-state index in [4.69, 9.17) is 4.42 Å². The summed E-state index contributed by atoms with van der Waals surface area (Å²) < 4.78 is 5.01.